The van der Waals surface area contributed by atoms with Gasteiger partial charge in [-0.15, -0.1) is 0 Å². The number of rotatable bonds is 6. The molecule has 2 rings (SSSR count). The molecule has 1 N–H and O–H groups in total. The number of hydrogen-bond donors (Lipinski definition) is 1. The molecule has 1 aromatic heterocycles. The van der Waals surface area contributed by atoms with Gasteiger partial charge in [0.2, 0.25) is 11.7 Å². The Kier molecular flexibility index (Phi) is 5.01. The molecule has 0 bridgehead atoms. The van der Waals surface area contributed by atoms with Gasteiger partial charge in [-0.2, -0.15) is 4.98 Å². The second kappa shape index (κ2) is 6.76. The quantitative estimate of drug-likeness (QED) is 0.889. The zero-order valence-electron chi connectivity index (χ0n) is 12.4. The van der Waals surface area contributed by atoms with E-state index in [0.29, 0.717) is 18.2 Å². The lowest BCUT2D eigenvalue weighted by Gasteiger charge is -2.15. The zero-order chi connectivity index (χ0) is 15.4. The number of aromatic nitrogens is 2. The summed E-state index contributed by atoms with van der Waals surface area (Å²) in [7, 11) is 1.88. The van der Waals surface area contributed by atoms with E-state index in [1.165, 1.54) is 12.1 Å². The van der Waals surface area contributed by atoms with Crippen LogP contribution in [0.4, 0.5) is 8.78 Å². The Balaban J connectivity index is 2.13. The summed E-state index contributed by atoms with van der Waals surface area (Å²) in [5.74, 6) is -0.131. The number of likely N-dealkylation sites (N-methyl/N-ethyl adjacent to an activating group) is 1. The first-order valence-corrected chi connectivity index (χ1v) is 6.94. The molecule has 0 saturated heterocycles. The Hall–Kier alpha value is -1.82. The van der Waals surface area contributed by atoms with Gasteiger partial charge in [0, 0.05) is 24.1 Å². The molecule has 1 unspecified atom stereocenters. The maximum absolute atomic E-state index is 13.2. The van der Waals surface area contributed by atoms with E-state index in [4.69, 9.17) is 4.52 Å². The smallest absolute Gasteiger partial charge is 0.228 e. The van der Waals surface area contributed by atoms with Crippen LogP contribution in [0.2, 0.25) is 0 Å². The molecule has 2 aromatic rings. The van der Waals surface area contributed by atoms with Crippen molar-refractivity contribution in [2.24, 2.45) is 5.92 Å². The van der Waals surface area contributed by atoms with E-state index in [0.717, 1.165) is 12.5 Å². The molecular formula is C15H19F2N3O. The molecule has 0 saturated carbocycles. The number of nitrogens with zero attached hydrogens (tertiary/aromatic N) is 2. The highest BCUT2D eigenvalue weighted by molar-refractivity contribution is 5.54. The molecule has 4 nitrogen and oxygen atoms in total. The van der Waals surface area contributed by atoms with Crippen LogP contribution in [0.5, 0.6) is 0 Å². The third-order valence-electron chi connectivity index (χ3n) is 3.17. The Morgan fingerprint density at radius 3 is 2.43 bits per heavy atom. The molecule has 0 radical (unpaired) electrons. The minimum atomic E-state index is -0.663. The minimum Gasteiger partial charge on any atom is -0.339 e. The maximum atomic E-state index is 13.2. The van der Waals surface area contributed by atoms with Gasteiger partial charge < -0.3 is 9.84 Å². The molecule has 0 aliphatic heterocycles. The van der Waals surface area contributed by atoms with Gasteiger partial charge in [-0.05, 0) is 31.5 Å². The van der Waals surface area contributed by atoms with Gasteiger partial charge in [-0.1, -0.05) is 19.0 Å². The monoisotopic (exact) mass is 295 g/mol. The Morgan fingerprint density at radius 2 is 1.86 bits per heavy atom. The summed E-state index contributed by atoms with van der Waals surface area (Å²) in [4.78, 5) is 4.21. The van der Waals surface area contributed by atoms with E-state index >= 15 is 0 Å². The molecule has 1 atom stereocenters. The molecule has 0 amide bonds. The van der Waals surface area contributed by atoms with Crippen LogP contribution in [0.3, 0.4) is 0 Å². The van der Waals surface area contributed by atoms with Crippen molar-refractivity contribution in [1.82, 2.24) is 15.5 Å². The van der Waals surface area contributed by atoms with E-state index in [2.05, 4.69) is 29.3 Å². The van der Waals surface area contributed by atoms with Crippen molar-refractivity contribution in [3.63, 3.8) is 0 Å². The van der Waals surface area contributed by atoms with E-state index < -0.39 is 11.6 Å². The van der Waals surface area contributed by atoms with Crippen molar-refractivity contribution in [2.75, 3.05) is 7.05 Å². The Labute approximate surface area is 122 Å². The van der Waals surface area contributed by atoms with E-state index in [9.17, 15) is 8.78 Å². The molecule has 1 aromatic carbocycles. The van der Waals surface area contributed by atoms with Crippen LogP contribution in [0, 0.1) is 17.6 Å². The topological polar surface area (TPSA) is 51.0 Å². The van der Waals surface area contributed by atoms with Crippen molar-refractivity contribution in [1.29, 1.82) is 0 Å². The summed E-state index contributed by atoms with van der Waals surface area (Å²) in [5.41, 5.74) is 0.271. The number of benzene rings is 1. The summed E-state index contributed by atoms with van der Waals surface area (Å²) in [6.07, 6.45) is 1.56. The highest BCUT2D eigenvalue weighted by Crippen LogP contribution is 2.19. The fraction of sp³-hybridized carbons (Fsp3) is 0.467. The van der Waals surface area contributed by atoms with Gasteiger partial charge in [-0.25, -0.2) is 8.78 Å². The first-order chi connectivity index (χ1) is 9.97. The third-order valence-corrected chi connectivity index (χ3v) is 3.17. The average molecular weight is 295 g/mol. The van der Waals surface area contributed by atoms with Crippen molar-refractivity contribution in [2.45, 2.75) is 32.7 Å². The van der Waals surface area contributed by atoms with Crippen molar-refractivity contribution >= 4 is 0 Å². The lowest BCUT2D eigenvalue weighted by molar-refractivity contribution is 0.345. The van der Waals surface area contributed by atoms with Crippen LogP contribution >= 0.6 is 0 Å². The Bertz CT molecular complexity index is 578. The lowest BCUT2D eigenvalue weighted by Crippen LogP contribution is -2.29. The highest BCUT2D eigenvalue weighted by atomic mass is 19.1. The first kappa shape index (κ1) is 15.6. The first-order valence-electron chi connectivity index (χ1n) is 6.94. The number of halogens is 2. The van der Waals surface area contributed by atoms with Crippen LogP contribution in [0.15, 0.2) is 22.7 Å². The predicted molar refractivity (Wildman–Crippen MR) is 75.7 cm³/mol. The van der Waals surface area contributed by atoms with Crippen LogP contribution in [0.1, 0.15) is 26.2 Å². The number of hydrogen-bond acceptors (Lipinski definition) is 4. The predicted octanol–water partition coefficient (Wildman–Crippen LogP) is 3.19. The summed E-state index contributed by atoms with van der Waals surface area (Å²) in [6, 6.07) is 3.40. The Morgan fingerprint density at radius 1 is 1.19 bits per heavy atom. The number of nitrogens with one attached hydrogen (secondary N) is 1. The molecule has 0 aliphatic carbocycles. The fourth-order valence-corrected chi connectivity index (χ4v) is 2.22. The van der Waals surface area contributed by atoms with Crippen molar-refractivity contribution in [3.8, 4) is 11.4 Å². The van der Waals surface area contributed by atoms with Gasteiger partial charge in [0.1, 0.15) is 11.6 Å². The maximum Gasteiger partial charge on any atom is 0.228 e. The molecule has 0 spiro atoms. The van der Waals surface area contributed by atoms with Crippen LogP contribution in [-0.2, 0) is 6.42 Å². The van der Waals surface area contributed by atoms with Gasteiger partial charge in [0.05, 0.1) is 0 Å². The van der Waals surface area contributed by atoms with E-state index in [1.54, 1.807) is 0 Å². The van der Waals surface area contributed by atoms with Crippen LogP contribution in [-0.4, -0.2) is 23.2 Å². The highest BCUT2D eigenvalue weighted by Gasteiger charge is 2.16. The standard InChI is InChI=1S/C15H19F2N3O/c1-9(2)4-13(18-3)8-14-19-15(20-21-14)10-5-11(16)7-12(17)6-10/h5-7,9,13,18H,4,8H2,1-3H3. The SMILES string of the molecule is CNC(Cc1nc(-c2cc(F)cc(F)c2)no1)CC(C)C. The molecule has 6 heteroatoms. The third kappa shape index (κ3) is 4.32. The molecule has 114 valence electrons. The second-order valence-electron chi connectivity index (χ2n) is 5.49. The average Bonchev–Trinajstić information content (AvgIpc) is 2.84. The van der Waals surface area contributed by atoms with Gasteiger partial charge in [0.25, 0.3) is 0 Å². The van der Waals surface area contributed by atoms with Gasteiger partial charge >= 0.3 is 0 Å². The molecule has 21 heavy (non-hydrogen) atoms. The normalized spacial score (nSPS) is 12.9. The van der Waals surface area contributed by atoms with Gasteiger partial charge in [0.15, 0.2) is 0 Å². The van der Waals surface area contributed by atoms with E-state index in [-0.39, 0.29) is 17.4 Å². The zero-order valence-corrected chi connectivity index (χ0v) is 12.4. The van der Waals surface area contributed by atoms with Crippen molar-refractivity contribution < 1.29 is 13.3 Å². The molecule has 0 fully saturated rings. The summed E-state index contributed by atoms with van der Waals surface area (Å²) >= 11 is 0. The summed E-state index contributed by atoms with van der Waals surface area (Å²) in [5, 5.41) is 6.99. The molecule has 1 heterocycles. The lowest BCUT2D eigenvalue weighted by atomic mass is 10.0. The van der Waals surface area contributed by atoms with E-state index in [1.807, 2.05) is 7.05 Å². The van der Waals surface area contributed by atoms with Crippen LogP contribution in [0.25, 0.3) is 11.4 Å². The van der Waals surface area contributed by atoms with Crippen molar-refractivity contribution in [3.05, 3.63) is 35.7 Å². The molecule has 0 aliphatic rings. The largest absolute Gasteiger partial charge is 0.339 e. The second-order valence-corrected chi connectivity index (χ2v) is 5.49. The van der Waals surface area contributed by atoms with Crippen LogP contribution < -0.4 is 5.32 Å². The summed E-state index contributed by atoms with van der Waals surface area (Å²) < 4.78 is 31.6. The minimum absolute atomic E-state index is 0.197. The molecular weight excluding hydrogens is 276 g/mol. The fourth-order valence-electron chi connectivity index (χ4n) is 2.22. The van der Waals surface area contributed by atoms with Gasteiger partial charge in [-0.3, -0.25) is 0 Å². The summed E-state index contributed by atoms with van der Waals surface area (Å²) in [6.45, 7) is 4.28.